The van der Waals surface area contributed by atoms with Crippen LogP contribution in [0.4, 0.5) is 5.69 Å². The molecule has 0 spiro atoms. The maximum atomic E-state index is 12.4. The standard InChI is InChI=1S/C11H15N3O6S/c1-13(9-5-12-6-11(9)16)21(19,20)7-2-3-10(15)8(4-7)14(17)18/h2-4,9,11-12,15-16H,5-6H2,1H3/t9-,11-/m0/s1. The SMILES string of the molecule is CN([C@H]1CNC[C@@H]1O)S(=O)(=O)c1ccc(O)c([N+](=O)[O-])c1. The fraction of sp³-hybridized carbons (Fsp3) is 0.455. The first kappa shape index (κ1) is 15.6. The maximum Gasteiger partial charge on any atom is 0.312 e. The fourth-order valence-electron chi connectivity index (χ4n) is 2.18. The molecule has 0 unspecified atom stereocenters. The average molecular weight is 317 g/mol. The molecule has 1 saturated heterocycles. The highest BCUT2D eigenvalue weighted by Crippen LogP contribution is 2.30. The summed E-state index contributed by atoms with van der Waals surface area (Å²) in [4.78, 5) is 9.59. The topological polar surface area (TPSA) is 133 Å². The van der Waals surface area contributed by atoms with E-state index in [0.717, 1.165) is 22.5 Å². The Bertz CT molecular complexity index is 662. The summed E-state index contributed by atoms with van der Waals surface area (Å²) >= 11 is 0. The van der Waals surface area contributed by atoms with E-state index in [1.807, 2.05) is 0 Å². The van der Waals surface area contributed by atoms with Gasteiger partial charge in [0.1, 0.15) is 0 Å². The highest BCUT2D eigenvalue weighted by molar-refractivity contribution is 7.89. The fourth-order valence-corrected chi connectivity index (χ4v) is 3.58. The zero-order valence-electron chi connectivity index (χ0n) is 11.1. The summed E-state index contributed by atoms with van der Waals surface area (Å²) in [5, 5.41) is 32.7. The molecule has 21 heavy (non-hydrogen) atoms. The number of β-amino-alcohol motifs (C(OH)–C–C–N with tert-alkyl or cyclic N) is 1. The van der Waals surface area contributed by atoms with Gasteiger partial charge < -0.3 is 15.5 Å². The zero-order chi connectivity index (χ0) is 15.8. The van der Waals surface area contributed by atoms with Crippen LogP contribution >= 0.6 is 0 Å². The average Bonchev–Trinajstić information content (AvgIpc) is 2.83. The van der Waals surface area contributed by atoms with Crippen LogP contribution in [0.25, 0.3) is 0 Å². The number of phenolic OH excluding ortho intramolecular Hbond substituents is 1. The predicted molar refractivity (Wildman–Crippen MR) is 72.4 cm³/mol. The van der Waals surface area contributed by atoms with Gasteiger partial charge in [0.05, 0.1) is 22.0 Å². The van der Waals surface area contributed by atoms with Crippen molar-refractivity contribution in [1.82, 2.24) is 9.62 Å². The maximum absolute atomic E-state index is 12.4. The van der Waals surface area contributed by atoms with Gasteiger partial charge in [-0.05, 0) is 12.1 Å². The first-order chi connectivity index (χ1) is 9.75. The molecule has 2 rings (SSSR count). The number of likely N-dealkylation sites (N-methyl/N-ethyl adjacent to an activating group) is 1. The summed E-state index contributed by atoms with van der Waals surface area (Å²) in [6.45, 7) is 0.567. The van der Waals surface area contributed by atoms with Gasteiger partial charge in [0.15, 0.2) is 5.75 Å². The molecule has 0 radical (unpaired) electrons. The lowest BCUT2D eigenvalue weighted by Gasteiger charge is -2.25. The summed E-state index contributed by atoms with van der Waals surface area (Å²) < 4.78 is 25.8. The van der Waals surface area contributed by atoms with E-state index in [2.05, 4.69) is 5.32 Å². The number of aliphatic hydroxyl groups excluding tert-OH is 1. The number of hydrogen-bond acceptors (Lipinski definition) is 7. The largest absolute Gasteiger partial charge is 0.502 e. The first-order valence-electron chi connectivity index (χ1n) is 6.09. The predicted octanol–water partition coefficient (Wildman–Crippen LogP) is -0.746. The number of nitro benzene ring substituents is 1. The van der Waals surface area contributed by atoms with Gasteiger partial charge in [-0.3, -0.25) is 10.1 Å². The summed E-state index contributed by atoms with van der Waals surface area (Å²) in [5.41, 5.74) is -0.686. The van der Waals surface area contributed by atoms with Crippen molar-refractivity contribution in [2.24, 2.45) is 0 Å². The van der Waals surface area contributed by atoms with Gasteiger partial charge >= 0.3 is 5.69 Å². The number of nitrogens with one attached hydrogen (secondary N) is 1. The smallest absolute Gasteiger partial charge is 0.312 e. The molecule has 0 aromatic heterocycles. The third-order valence-electron chi connectivity index (χ3n) is 3.44. The van der Waals surface area contributed by atoms with Crippen molar-refractivity contribution < 1.29 is 23.6 Å². The Balaban J connectivity index is 2.39. The van der Waals surface area contributed by atoms with Crippen LogP contribution in [0.2, 0.25) is 0 Å². The third kappa shape index (κ3) is 2.83. The molecule has 0 aliphatic carbocycles. The van der Waals surface area contributed by atoms with Gasteiger partial charge in [0, 0.05) is 26.2 Å². The molecule has 2 atom stereocenters. The molecule has 0 bridgehead atoms. The Kier molecular flexibility index (Phi) is 4.14. The van der Waals surface area contributed by atoms with E-state index in [0.29, 0.717) is 0 Å². The van der Waals surface area contributed by atoms with Gasteiger partial charge in [0.25, 0.3) is 0 Å². The van der Waals surface area contributed by atoms with Crippen LogP contribution in [0.3, 0.4) is 0 Å². The van der Waals surface area contributed by atoms with Crippen molar-refractivity contribution in [2.75, 3.05) is 20.1 Å². The lowest BCUT2D eigenvalue weighted by atomic mass is 10.2. The molecule has 1 aromatic carbocycles. The normalized spacial score (nSPS) is 22.6. The number of nitrogens with zero attached hydrogens (tertiary/aromatic N) is 2. The number of nitro groups is 1. The van der Waals surface area contributed by atoms with Crippen LogP contribution in [-0.4, -0.2) is 60.1 Å². The number of phenols is 1. The van der Waals surface area contributed by atoms with Crippen LogP contribution in [0.15, 0.2) is 23.1 Å². The van der Waals surface area contributed by atoms with Crippen molar-refractivity contribution >= 4 is 15.7 Å². The van der Waals surface area contributed by atoms with Crippen LogP contribution in [0, 0.1) is 10.1 Å². The second-order valence-electron chi connectivity index (χ2n) is 4.72. The summed E-state index contributed by atoms with van der Waals surface area (Å²) in [6.07, 6.45) is -0.850. The van der Waals surface area contributed by atoms with Crippen molar-refractivity contribution in [3.63, 3.8) is 0 Å². The molecule has 0 amide bonds. The van der Waals surface area contributed by atoms with E-state index >= 15 is 0 Å². The molecule has 0 saturated carbocycles. The van der Waals surface area contributed by atoms with Gasteiger partial charge in [-0.25, -0.2) is 8.42 Å². The van der Waals surface area contributed by atoms with Gasteiger partial charge in [-0.15, -0.1) is 0 Å². The number of hydrogen-bond donors (Lipinski definition) is 3. The third-order valence-corrected chi connectivity index (χ3v) is 5.32. The highest BCUT2D eigenvalue weighted by Gasteiger charge is 2.36. The second-order valence-corrected chi connectivity index (χ2v) is 6.72. The highest BCUT2D eigenvalue weighted by atomic mass is 32.2. The molecular weight excluding hydrogens is 302 g/mol. The quantitative estimate of drug-likeness (QED) is 0.491. The van der Waals surface area contributed by atoms with E-state index in [-0.39, 0.29) is 18.0 Å². The van der Waals surface area contributed by atoms with E-state index in [1.54, 1.807) is 0 Å². The van der Waals surface area contributed by atoms with Crippen molar-refractivity contribution in [1.29, 1.82) is 0 Å². The molecule has 1 heterocycles. The number of sulfonamides is 1. The van der Waals surface area contributed by atoms with Crippen LogP contribution < -0.4 is 5.32 Å². The monoisotopic (exact) mass is 317 g/mol. The van der Waals surface area contributed by atoms with Gasteiger partial charge in [-0.1, -0.05) is 0 Å². The number of aliphatic hydroxyl groups is 1. The summed E-state index contributed by atoms with van der Waals surface area (Å²) in [7, 11) is -2.71. The molecule has 1 fully saturated rings. The minimum atomic E-state index is -4.01. The van der Waals surface area contributed by atoms with E-state index in [1.165, 1.54) is 7.05 Å². The number of rotatable bonds is 4. The minimum absolute atomic E-state index is 0.278. The number of benzene rings is 1. The molecule has 1 aliphatic rings. The Labute approximate surface area is 121 Å². The number of aromatic hydroxyl groups is 1. The lowest BCUT2D eigenvalue weighted by molar-refractivity contribution is -0.386. The minimum Gasteiger partial charge on any atom is -0.502 e. The molecular formula is C11H15N3O6S. The van der Waals surface area contributed by atoms with Gasteiger partial charge in [-0.2, -0.15) is 4.31 Å². The molecule has 10 heteroatoms. The zero-order valence-corrected chi connectivity index (χ0v) is 11.9. The summed E-state index contributed by atoms with van der Waals surface area (Å²) in [5.74, 6) is -0.607. The molecule has 3 N–H and O–H groups in total. The van der Waals surface area contributed by atoms with E-state index in [9.17, 15) is 28.7 Å². The molecule has 9 nitrogen and oxygen atoms in total. The molecule has 1 aromatic rings. The van der Waals surface area contributed by atoms with Crippen molar-refractivity contribution in [3.05, 3.63) is 28.3 Å². The Morgan fingerprint density at radius 3 is 2.62 bits per heavy atom. The molecule has 116 valence electrons. The first-order valence-corrected chi connectivity index (χ1v) is 7.53. The van der Waals surface area contributed by atoms with E-state index < -0.39 is 38.5 Å². The van der Waals surface area contributed by atoms with Crippen LogP contribution in [0.5, 0.6) is 5.75 Å². The molecule has 1 aliphatic heterocycles. The Morgan fingerprint density at radius 2 is 2.10 bits per heavy atom. The Hall–Kier alpha value is -1.75. The van der Waals surface area contributed by atoms with Crippen molar-refractivity contribution in [3.8, 4) is 5.75 Å². The second kappa shape index (κ2) is 5.56. The summed E-state index contributed by atoms with van der Waals surface area (Å²) in [6, 6.07) is 2.20. The van der Waals surface area contributed by atoms with Crippen LogP contribution in [0.1, 0.15) is 0 Å². The van der Waals surface area contributed by atoms with Crippen molar-refractivity contribution in [2.45, 2.75) is 17.0 Å². The lowest BCUT2D eigenvalue weighted by Crippen LogP contribution is -2.44. The Morgan fingerprint density at radius 1 is 1.43 bits per heavy atom. The van der Waals surface area contributed by atoms with Crippen LogP contribution in [-0.2, 0) is 10.0 Å². The van der Waals surface area contributed by atoms with Gasteiger partial charge in [0.2, 0.25) is 10.0 Å². The van der Waals surface area contributed by atoms with E-state index in [4.69, 9.17) is 0 Å².